The number of benzene rings is 2. The Labute approximate surface area is 158 Å². The van der Waals surface area contributed by atoms with Gasteiger partial charge in [0, 0.05) is 5.69 Å². The minimum Gasteiger partial charge on any atom is -0.466 e. The number of carbonyl (C=O) groups is 2. The number of hydrogen-bond donors (Lipinski definition) is 2. The van der Waals surface area contributed by atoms with Gasteiger partial charge < -0.3 is 10.1 Å². The van der Waals surface area contributed by atoms with E-state index in [0.29, 0.717) is 11.4 Å². The van der Waals surface area contributed by atoms with E-state index in [1.54, 1.807) is 13.0 Å². The summed E-state index contributed by atoms with van der Waals surface area (Å²) in [5.41, 5.74) is 2.75. The minimum atomic E-state index is -3.76. The Kier molecular flexibility index (Phi) is 6.57. The summed E-state index contributed by atoms with van der Waals surface area (Å²) in [6.45, 7) is 5.61. The maximum Gasteiger partial charge on any atom is 0.315 e. The van der Waals surface area contributed by atoms with Gasteiger partial charge in [-0.2, -0.15) is 0 Å². The van der Waals surface area contributed by atoms with E-state index in [4.69, 9.17) is 4.74 Å². The van der Waals surface area contributed by atoms with E-state index in [2.05, 4.69) is 10.0 Å². The number of carbonyl (C=O) groups excluding carboxylic acids is 2. The molecule has 0 unspecified atom stereocenters. The molecule has 0 aromatic heterocycles. The van der Waals surface area contributed by atoms with Crippen LogP contribution < -0.4 is 10.0 Å². The first-order valence-corrected chi connectivity index (χ1v) is 9.85. The number of ether oxygens (including phenoxy) is 1. The fraction of sp³-hybridized carbons (Fsp3) is 0.263. The van der Waals surface area contributed by atoms with Gasteiger partial charge in [-0.15, -0.1) is 0 Å². The predicted octanol–water partition coefficient (Wildman–Crippen LogP) is 3.00. The lowest BCUT2D eigenvalue weighted by Crippen LogP contribution is -2.18. The fourth-order valence-corrected chi connectivity index (χ4v) is 3.53. The van der Waals surface area contributed by atoms with Gasteiger partial charge in [0.1, 0.15) is 6.42 Å². The molecule has 0 radical (unpaired) electrons. The Hall–Kier alpha value is -2.87. The molecule has 2 aromatic carbocycles. The Bertz CT molecular complexity index is 937. The highest BCUT2D eigenvalue weighted by Crippen LogP contribution is 2.21. The summed E-state index contributed by atoms with van der Waals surface area (Å²) in [5.74, 6) is -1.15. The predicted molar refractivity (Wildman–Crippen MR) is 103 cm³/mol. The summed E-state index contributed by atoms with van der Waals surface area (Å²) in [6, 6.07) is 11.1. The van der Waals surface area contributed by atoms with E-state index in [1.807, 2.05) is 26.0 Å². The normalized spacial score (nSPS) is 10.9. The van der Waals surface area contributed by atoms with Gasteiger partial charge in [-0.1, -0.05) is 17.7 Å². The molecule has 0 bridgehead atoms. The zero-order valence-electron chi connectivity index (χ0n) is 15.4. The van der Waals surface area contributed by atoms with Crippen molar-refractivity contribution in [3.63, 3.8) is 0 Å². The Morgan fingerprint density at radius 3 is 2.30 bits per heavy atom. The third kappa shape index (κ3) is 5.82. The van der Waals surface area contributed by atoms with Crippen LogP contribution in [0.4, 0.5) is 11.4 Å². The molecule has 0 aliphatic rings. The van der Waals surface area contributed by atoms with Crippen molar-refractivity contribution in [2.75, 3.05) is 16.6 Å². The van der Waals surface area contributed by atoms with E-state index in [9.17, 15) is 18.0 Å². The van der Waals surface area contributed by atoms with Crippen molar-refractivity contribution in [2.45, 2.75) is 32.1 Å². The van der Waals surface area contributed by atoms with Gasteiger partial charge in [0.05, 0.1) is 17.2 Å². The van der Waals surface area contributed by atoms with Crippen LogP contribution in [-0.2, 0) is 24.3 Å². The van der Waals surface area contributed by atoms with Crippen molar-refractivity contribution in [3.8, 4) is 0 Å². The van der Waals surface area contributed by atoms with Crippen LogP contribution in [0.2, 0.25) is 0 Å². The number of hydrogen-bond acceptors (Lipinski definition) is 5. The molecule has 2 rings (SSSR count). The molecular weight excluding hydrogens is 368 g/mol. The van der Waals surface area contributed by atoms with Crippen LogP contribution in [0.25, 0.3) is 0 Å². The summed E-state index contributed by atoms with van der Waals surface area (Å²) in [6.07, 6.45) is -0.401. The SMILES string of the molecule is CCOC(=O)CC(=O)Nc1ccc(S(=O)(=O)Nc2ccc(C)cc2C)cc1. The number of rotatable bonds is 7. The van der Waals surface area contributed by atoms with Gasteiger partial charge in [0.2, 0.25) is 5.91 Å². The van der Waals surface area contributed by atoms with Gasteiger partial charge in [0.25, 0.3) is 10.0 Å². The van der Waals surface area contributed by atoms with Crippen LogP contribution in [0, 0.1) is 13.8 Å². The molecule has 27 heavy (non-hydrogen) atoms. The molecule has 0 atom stereocenters. The van der Waals surface area contributed by atoms with E-state index in [-0.39, 0.29) is 11.5 Å². The number of aryl methyl sites for hydroxylation is 2. The first-order valence-electron chi connectivity index (χ1n) is 8.37. The quantitative estimate of drug-likeness (QED) is 0.559. The van der Waals surface area contributed by atoms with Crippen molar-refractivity contribution in [2.24, 2.45) is 0 Å². The second kappa shape index (κ2) is 8.68. The van der Waals surface area contributed by atoms with Crippen molar-refractivity contribution < 1.29 is 22.7 Å². The fourth-order valence-electron chi connectivity index (χ4n) is 2.40. The van der Waals surface area contributed by atoms with Crippen molar-refractivity contribution in [1.29, 1.82) is 0 Å². The molecule has 2 N–H and O–H groups in total. The standard InChI is InChI=1S/C19H22N2O5S/c1-4-26-19(23)12-18(22)20-15-6-8-16(9-7-15)27(24,25)21-17-10-5-13(2)11-14(17)3/h5-11,21H,4,12H2,1-3H3,(H,20,22). The lowest BCUT2D eigenvalue weighted by molar-refractivity contribution is -0.145. The maximum absolute atomic E-state index is 12.5. The second-order valence-corrected chi connectivity index (χ2v) is 7.66. The molecule has 0 saturated heterocycles. The van der Waals surface area contributed by atoms with E-state index < -0.39 is 28.3 Å². The number of sulfonamides is 1. The van der Waals surface area contributed by atoms with Crippen LogP contribution in [0.5, 0.6) is 0 Å². The minimum absolute atomic E-state index is 0.0610. The monoisotopic (exact) mass is 390 g/mol. The van der Waals surface area contributed by atoms with Crippen molar-refractivity contribution >= 4 is 33.3 Å². The molecular formula is C19H22N2O5S. The maximum atomic E-state index is 12.5. The number of nitrogens with one attached hydrogen (secondary N) is 2. The molecule has 144 valence electrons. The molecule has 0 saturated carbocycles. The lowest BCUT2D eigenvalue weighted by atomic mass is 10.1. The van der Waals surface area contributed by atoms with E-state index in [0.717, 1.165) is 11.1 Å². The van der Waals surface area contributed by atoms with Gasteiger partial charge in [-0.25, -0.2) is 8.42 Å². The third-order valence-corrected chi connectivity index (χ3v) is 5.07. The van der Waals surface area contributed by atoms with E-state index >= 15 is 0 Å². The summed E-state index contributed by atoms with van der Waals surface area (Å²) >= 11 is 0. The summed E-state index contributed by atoms with van der Waals surface area (Å²) in [7, 11) is -3.76. The first kappa shape index (κ1) is 20.4. The van der Waals surface area contributed by atoms with Gasteiger partial charge in [0.15, 0.2) is 0 Å². The highest BCUT2D eigenvalue weighted by molar-refractivity contribution is 7.92. The topological polar surface area (TPSA) is 102 Å². The molecule has 0 aliphatic carbocycles. The van der Waals surface area contributed by atoms with Crippen LogP contribution in [0.15, 0.2) is 47.4 Å². The smallest absolute Gasteiger partial charge is 0.315 e. The number of anilines is 2. The van der Waals surface area contributed by atoms with Gasteiger partial charge in [-0.05, 0) is 56.7 Å². The molecule has 0 aliphatic heterocycles. The average molecular weight is 390 g/mol. The number of amides is 1. The Morgan fingerprint density at radius 2 is 1.70 bits per heavy atom. The third-order valence-electron chi connectivity index (χ3n) is 3.68. The van der Waals surface area contributed by atoms with Crippen LogP contribution >= 0.6 is 0 Å². The lowest BCUT2D eigenvalue weighted by Gasteiger charge is -2.12. The van der Waals surface area contributed by atoms with Crippen molar-refractivity contribution in [1.82, 2.24) is 0 Å². The van der Waals surface area contributed by atoms with Crippen LogP contribution in [0.3, 0.4) is 0 Å². The highest BCUT2D eigenvalue weighted by atomic mass is 32.2. The van der Waals surface area contributed by atoms with Crippen LogP contribution in [0.1, 0.15) is 24.5 Å². The largest absolute Gasteiger partial charge is 0.466 e. The molecule has 7 nitrogen and oxygen atoms in total. The highest BCUT2D eigenvalue weighted by Gasteiger charge is 2.16. The molecule has 0 spiro atoms. The summed E-state index contributed by atoms with van der Waals surface area (Å²) in [5, 5.41) is 2.52. The summed E-state index contributed by atoms with van der Waals surface area (Å²) < 4.78 is 32.3. The molecule has 0 heterocycles. The van der Waals surface area contributed by atoms with Gasteiger partial charge >= 0.3 is 5.97 Å². The zero-order valence-corrected chi connectivity index (χ0v) is 16.2. The molecule has 0 fully saturated rings. The van der Waals surface area contributed by atoms with Gasteiger partial charge in [-0.3, -0.25) is 14.3 Å². The Morgan fingerprint density at radius 1 is 1.04 bits per heavy atom. The second-order valence-electron chi connectivity index (χ2n) is 5.98. The number of esters is 1. The van der Waals surface area contributed by atoms with Crippen molar-refractivity contribution in [3.05, 3.63) is 53.6 Å². The Balaban J connectivity index is 2.07. The summed E-state index contributed by atoms with van der Waals surface area (Å²) in [4.78, 5) is 23.1. The first-order chi connectivity index (χ1) is 12.7. The zero-order chi connectivity index (χ0) is 20.0. The molecule has 2 aromatic rings. The molecule has 8 heteroatoms. The van der Waals surface area contributed by atoms with E-state index in [1.165, 1.54) is 24.3 Å². The van der Waals surface area contributed by atoms with Crippen LogP contribution in [-0.4, -0.2) is 26.9 Å². The molecule has 1 amide bonds. The average Bonchev–Trinajstić information content (AvgIpc) is 2.58.